The van der Waals surface area contributed by atoms with Crippen molar-refractivity contribution in [3.8, 4) is 6.01 Å². The number of hydrogen-bond donors (Lipinski definition) is 1. The van der Waals surface area contributed by atoms with Crippen LogP contribution >= 0.6 is 0 Å². The molecule has 0 radical (unpaired) electrons. The summed E-state index contributed by atoms with van der Waals surface area (Å²) >= 11 is 0. The van der Waals surface area contributed by atoms with Crippen LogP contribution in [0.25, 0.3) is 0 Å². The van der Waals surface area contributed by atoms with Crippen molar-refractivity contribution in [2.75, 3.05) is 58.3 Å². The van der Waals surface area contributed by atoms with Crippen molar-refractivity contribution in [2.24, 2.45) is 0 Å². The average Bonchev–Trinajstić information content (AvgIpc) is 3.38. The molecule has 4 rings (SSSR count). The molecule has 182 valence electrons. The minimum Gasteiger partial charge on any atom is -0.467 e. The van der Waals surface area contributed by atoms with Gasteiger partial charge in [0.1, 0.15) is 11.5 Å². The molecule has 1 aromatic carbocycles. The van der Waals surface area contributed by atoms with E-state index in [0.29, 0.717) is 38.5 Å². The number of methoxy groups -OCH3 is 1. The number of ether oxygens (including phenoxy) is 1. The lowest BCUT2D eigenvalue weighted by Gasteiger charge is -2.35. The Balaban J connectivity index is 0.000000469. The summed E-state index contributed by atoms with van der Waals surface area (Å²) < 4.78 is 5.17. The fourth-order valence-corrected chi connectivity index (χ4v) is 3.81. The van der Waals surface area contributed by atoms with E-state index >= 15 is 0 Å². The molecule has 34 heavy (non-hydrogen) atoms. The summed E-state index contributed by atoms with van der Waals surface area (Å²) in [7, 11) is 3.64. The lowest BCUT2D eigenvalue weighted by molar-refractivity contribution is -0.126. The normalized spacial score (nSPS) is 15.8. The molecule has 2 aliphatic heterocycles. The van der Waals surface area contributed by atoms with E-state index < -0.39 is 0 Å². The summed E-state index contributed by atoms with van der Waals surface area (Å²) in [5.74, 6) is 0.217. The van der Waals surface area contributed by atoms with Crippen molar-refractivity contribution in [3.05, 3.63) is 60.3 Å². The van der Waals surface area contributed by atoms with Crippen LogP contribution in [0.15, 0.2) is 49.1 Å². The Morgan fingerprint density at radius 1 is 1.06 bits per heavy atom. The third-order valence-corrected chi connectivity index (χ3v) is 5.82. The van der Waals surface area contributed by atoms with Crippen molar-refractivity contribution in [1.82, 2.24) is 25.1 Å². The molecule has 1 aromatic heterocycles. The second kappa shape index (κ2) is 12.7. The van der Waals surface area contributed by atoms with Crippen molar-refractivity contribution < 1.29 is 14.3 Å². The minimum atomic E-state index is -0.300. The van der Waals surface area contributed by atoms with Gasteiger partial charge in [-0.25, -0.2) is 0 Å². The summed E-state index contributed by atoms with van der Waals surface area (Å²) in [6, 6.07) is 11.4. The van der Waals surface area contributed by atoms with E-state index in [1.54, 1.807) is 11.0 Å². The van der Waals surface area contributed by atoms with E-state index in [1.807, 2.05) is 35.2 Å². The first-order valence-corrected chi connectivity index (χ1v) is 11.6. The van der Waals surface area contributed by atoms with Gasteiger partial charge in [0.2, 0.25) is 5.91 Å². The van der Waals surface area contributed by atoms with Crippen LogP contribution in [0.2, 0.25) is 0 Å². The number of aromatic nitrogens is 2. The largest absolute Gasteiger partial charge is 0.467 e. The predicted molar refractivity (Wildman–Crippen MR) is 132 cm³/mol. The molecule has 2 saturated heterocycles. The first-order valence-electron chi connectivity index (χ1n) is 11.6. The highest BCUT2D eigenvalue weighted by Crippen LogP contribution is 2.18. The van der Waals surface area contributed by atoms with Crippen molar-refractivity contribution in [1.29, 1.82) is 0 Å². The van der Waals surface area contributed by atoms with E-state index in [4.69, 9.17) is 4.74 Å². The molecule has 0 saturated carbocycles. The van der Waals surface area contributed by atoms with Gasteiger partial charge in [-0.2, -0.15) is 9.97 Å². The molecule has 9 heteroatoms. The standard InChI is InChI=1S/C20H23N5O3.C5H11N/c1-3-18(26)25-11-9-24(10-12-25)17-13-16(22-20(23-17)28-2)19(27)21-14-15-7-5-4-6-8-15;1-6-4-2-3-5-6/h3-8,13H,1,9-12,14H2,2H3,(H,21,27);2-5H2,1H3. The van der Waals surface area contributed by atoms with Crippen LogP contribution in [-0.4, -0.2) is 85.0 Å². The number of nitrogens with one attached hydrogen (secondary N) is 1. The Labute approximate surface area is 201 Å². The Bertz CT molecular complexity index is 954. The highest BCUT2D eigenvalue weighted by molar-refractivity contribution is 5.93. The molecular formula is C25H34N6O3. The predicted octanol–water partition coefficient (Wildman–Crippen LogP) is 1.96. The third kappa shape index (κ3) is 7.28. The van der Waals surface area contributed by atoms with Gasteiger partial charge >= 0.3 is 6.01 Å². The number of benzene rings is 1. The van der Waals surface area contributed by atoms with E-state index in [2.05, 4.69) is 33.8 Å². The van der Waals surface area contributed by atoms with Crippen LogP contribution in [0.4, 0.5) is 5.82 Å². The molecule has 0 aliphatic carbocycles. The van der Waals surface area contributed by atoms with Gasteiger partial charge < -0.3 is 24.8 Å². The number of carbonyl (C=O) groups is 2. The lowest BCUT2D eigenvalue weighted by atomic mass is 10.2. The fraction of sp³-hybridized carbons (Fsp3) is 0.440. The SMILES string of the molecule is C=CC(=O)N1CCN(c2cc(C(=O)NCc3ccccc3)nc(OC)n2)CC1.CN1CCCC1. The number of rotatable bonds is 6. The van der Waals surface area contributed by atoms with E-state index in [1.165, 1.54) is 39.1 Å². The van der Waals surface area contributed by atoms with Gasteiger partial charge in [0.05, 0.1) is 7.11 Å². The second-order valence-electron chi connectivity index (χ2n) is 8.29. The lowest BCUT2D eigenvalue weighted by Crippen LogP contribution is -2.48. The van der Waals surface area contributed by atoms with E-state index in [9.17, 15) is 9.59 Å². The number of carbonyl (C=O) groups excluding carboxylic acids is 2. The number of nitrogens with zero attached hydrogens (tertiary/aromatic N) is 5. The van der Waals surface area contributed by atoms with Crippen LogP contribution < -0.4 is 15.0 Å². The summed E-state index contributed by atoms with van der Waals surface area (Å²) in [4.78, 5) is 38.9. The second-order valence-corrected chi connectivity index (χ2v) is 8.29. The minimum absolute atomic E-state index is 0.0825. The first-order chi connectivity index (χ1) is 16.5. The molecule has 2 fully saturated rings. The van der Waals surface area contributed by atoms with Crippen molar-refractivity contribution in [3.63, 3.8) is 0 Å². The van der Waals surface area contributed by atoms with Gasteiger partial charge in [-0.1, -0.05) is 36.9 Å². The summed E-state index contributed by atoms with van der Waals surface area (Å²) in [6.45, 7) is 8.89. The van der Waals surface area contributed by atoms with Crippen LogP contribution in [0, 0.1) is 0 Å². The zero-order chi connectivity index (χ0) is 24.3. The quantitative estimate of drug-likeness (QED) is 0.651. The van der Waals surface area contributed by atoms with Gasteiger partial charge in [-0.05, 0) is 44.6 Å². The Morgan fingerprint density at radius 3 is 2.29 bits per heavy atom. The summed E-state index contributed by atoms with van der Waals surface area (Å²) in [5, 5.41) is 2.86. The molecular weight excluding hydrogens is 432 g/mol. The Kier molecular flexibility index (Phi) is 9.40. The fourth-order valence-electron chi connectivity index (χ4n) is 3.81. The number of hydrogen-bond acceptors (Lipinski definition) is 7. The first kappa shape index (κ1) is 25.2. The monoisotopic (exact) mass is 466 g/mol. The number of likely N-dealkylation sites (tertiary alicyclic amines) is 1. The zero-order valence-corrected chi connectivity index (χ0v) is 20.1. The summed E-state index contributed by atoms with van der Waals surface area (Å²) in [6.07, 6.45) is 4.14. The Morgan fingerprint density at radius 2 is 1.74 bits per heavy atom. The van der Waals surface area contributed by atoms with E-state index in [0.717, 1.165) is 5.56 Å². The van der Waals surface area contributed by atoms with E-state index in [-0.39, 0.29) is 23.5 Å². The highest BCUT2D eigenvalue weighted by Gasteiger charge is 2.22. The van der Waals surface area contributed by atoms with Crippen LogP contribution in [-0.2, 0) is 11.3 Å². The van der Waals surface area contributed by atoms with Gasteiger partial charge in [-0.3, -0.25) is 9.59 Å². The maximum atomic E-state index is 12.6. The van der Waals surface area contributed by atoms with Crippen molar-refractivity contribution in [2.45, 2.75) is 19.4 Å². The average molecular weight is 467 g/mol. The topological polar surface area (TPSA) is 90.9 Å². The third-order valence-electron chi connectivity index (χ3n) is 5.82. The van der Waals surface area contributed by atoms with Crippen LogP contribution in [0.3, 0.4) is 0 Å². The van der Waals surface area contributed by atoms with Gasteiger partial charge in [0.15, 0.2) is 0 Å². The molecule has 0 unspecified atom stereocenters. The maximum absolute atomic E-state index is 12.6. The number of anilines is 1. The Hall–Kier alpha value is -3.46. The highest BCUT2D eigenvalue weighted by atomic mass is 16.5. The molecule has 9 nitrogen and oxygen atoms in total. The van der Waals surface area contributed by atoms with Crippen LogP contribution in [0.1, 0.15) is 28.9 Å². The molecule has 3 heterocycles. The molecule has 1 N–H and O–H groups in total. The molecule has 0 bridgehead atoms. The molecule has 2 aliphatic rings. The molecule has 2 amide bonds. The smallest absolute Gasteiger partial charge is 0.318 e. The van der Waals surface area contributed by atoms with Gasteiger partial charge in [-0.15, -0.1) is 0 Å². The molecule has 0 atom stereocenters. The molecule has 0 spiro atoms. The number of piperazine rings is 1. The molecule has 2 aromatic rings. The maximum Gasteiger partial charge on any atom is 0.318 e. The van der Waals surface area contributed by atoms with Crippen LogP contribution in [0.5, 0.6) is 6.01 Å². The number of amides is 2. The van der Waals surface area contributed by atoms with Gasteiger partial charge in [0.25, 0.3) is 5.91 Å². The summed E-state index contributed by atoms with van der Waals surface area (Å²) in [5.41, 5.74) is 1.24. The van der Waals surface area contributed by atoms with Crippen molar-refractivity contribution >= 4 is 17.6 Å². The van der Waals surface area contributed by atoms with Gasteiger partial charge in [0, 0.05) is 38.8 Å². The zero-order valence-electron chi connectivity index (χ0n) is 20.1.